The lowest BCUT2D eigenvalue weighted by Gasteiger charge is -2.04. The van der Waals surface area contributed by atoms with Gasteiger partial charge in [-0.15, -0.1) is 11.6 Å². The molecule has 0 saturated heterocycles. The van der Waals surface area contributed by atoms with Crippen molar-refractivity contribution >= 4 is 17.5 Å². The first-order valence-electron chi connectivity index (χ1n) is 3.58. The molecular formula is C9H7ClN2O. The Labute approximate surface area is 80.7 Å². The number of benzene rings is 1. The maximum atomic E-state index is 10.7. The lowest BCUT2D eigenvalue weighted by atomic mass is 10.1. The van der Waals surface area contributed by atoms with E-state index in [4.69, 9.17) is 22.6 Å². The molecule has 0 saturated carbocycles. The molecule has 13 heavy (non-hydrogen) atoms. The Kier molecular flexibility index (Phi) is 2.88. The number of nitriles is 1. The van der Waals surface area contributed by atoms with Gasteiger partial charge in [0.05, 0.1) is 11.6 Å². The fourth-order valence-electron chi connectivity index (χ4n) is 0.891. The summed E-state index contributed by atoms with van der Waals surface area (Å²) in [6.45, 7) is 0. The van der Waals surface area contributed by atoms with E-state index in [-0.39, 0.29) is 0 Å². The number of halogens is 1. The zero-order chi connectivity index (χ0) is 9.84. The summed E-state index contributed by atoms with van der Waals surface area (Å²) in [5.41, 5.74) is 6.13. The van der Waals surface area contributed by atoms with Gasteiger partial charge in [0.1, 0.15) is 5.38 Å². The largest absolute Gasteiger partial charge is 0.368 e. The Hall–Kier alpha value is -1.53. The Morgan fingerprint density at radius 2 is 2.00 bits per heavy atom. The summed E-state index contributed by atoms with van der Waals surface area (Å²) in [5, 5.41) is 7.68. The topological polar surface area (TPSA) is 66.9 Å². The highest BCUT2D eigenvalue weighted by Gasteiger charge is 2.13. The monoisotopic (exact) mass is 194 g/mol. The van der Waals surface area contributed by atoms with Crippen molar-refractivity contribution in [1.29, 1.82) is 5.26 Å². The number of rotatable bonds is 2. The van der Waals surface area contributed by atoms with E-state index in [9.17, 15) is 4.79 Å². The van der Waals surface area contributed by atoms with Crippen molar-refractivity contribution in [3.8, 4) is 6.07 Å². The highest BCUT2D eigenvalue weighted by Crippen LogP contribution is 2.19. The van der Waals surface area contributed by atoms with Crippen molar-refractivity contribution in [3.63, 3.8) is 0 Å². The molecule has 1 amide bonds. The Morgan fingerprint density at radius 1 is 1.46 bits per heavy atom. The molecule has 0 aromatic heterocycles. The van der Waals surface area contributed by atoms with Gasteiger partial charge in [-0.25, -0.2) is 0 Å². The molecule has 0 radical (unpaired) electrons. The van der Waals surface area contributed by atoms with Crippen molar-refractivity contribution in [3.05, 3.63) is 35.4 Å². The quantitative estimate of drug-likeness (QED) is 0.722. The number of carbonyl (C=O) groups excluding carboxylic acids is 1. The summed E-state index contributed by atoms with van der Waals surface area (Å²) >= 11 is 5.68. The molecule has 3 nitrogen and oxygen atoms in total. The standard InChI is InChI=1S/C9H7ClN2O/c10-8(9(12)13)7-3-1-6(5-11)2-4-7/h1-4,8H,(H2,12,13)/t8-/m1/s1. The number of hydrogen-bond acceptors (Lipinski definition) is 2. The van der Waals surface area contributed by atoms with Crippen LogP contribution in [0.4, 0.5) is 0 Å². The van der Waals surface area contributed by atoms with Gasteiger partial charge in [0.2, 0.25) is 5.91 Å². The van der Waals surface area contributed by atoms with Crippen LogP contribution in [0.15, 0.2) is 24.3 Å². The molecule has 0 aliphatic carbocycles. The Bertz CT molecular complexity index is 353. The van der Waals surface area contributed by atoms with E-state index in [0.29, 0.717) is 11.1 Å². The van der Waals surface area contributed by atoms with Crippen molar-refractivity contribution in [2.24, 2.45) is 5.73 Å². The molecule has 0 aliphatic rings. The van der Waals surface area contributed by atoms with Gasteiger partial charge in [0.15, 0.2) is 0 Å². The van der Waals surface area contributed by atoms with Crippen molar-refractivity contribution in [1.82, 2.24) is 0 Å². The van der Waals surface area contributed by atoms with E-state index in [2.05, 4.69) is 0 Å². The van der Waals surface area contributed by atoms with Crippen LogP contribution in [0, 0.1) is 11.3 Å². The summed E-state index contributed by atoms with van der Waals surface area (Å²) in [7, 11) is 0. The normalized spacial score (nSPS) is 11.7. The molecular weight excluding hydrogens is 188 g/mol. The summed E-state index contributed by atoms with van der Waals surface area (Å²) < 4.78 is 0. The van der Waals surface area contributed by atoms with Crippen molar-refractivity contribution in [2.75, 3.05) is 0 Å². The van der Waals surface area contributed by atoms with Crippen LogP contribution < -0.4 is 5.73 Å². The van der Waals surface area contributed by atoms with Crippen LogP contribution in [0.1, 0.15) is 16.5 Å². The molecule has 0 spiro atoms. The Balaban J connectivity index is 2.93. The first-order valence-corrected chi connectivity index (χ1v) is 4.02. The summed E-state index contributed by atoms with van der Waals surface area (Å²) in [5.74, 6) is -0.591. The lowest BCUT2D eigenvalue weighted by Crippen LogP contribution is -2.16. The SMILES string of the molecule is N#Cc1ccc([C@@H](Cl)C(N)=O)cc1. The molecule has 4 heteroatoms. The molecule has 1 atom stereocenters. The molecule has 0 fully saturated rings. The van der Waals surface area contributed by atoms with Gasteiger partial charge in [0, 0.05) is 0 Å². The molecule has 66 valence electrons. The molecule has 1 aromatic carbocycles. The predicted octanol–water partition coefficient (Wildman–Crippen LogP) is 1.32. The second-order valence-corrected chi connectivity index (χ2v) is 2.94. The second-order valence-electron chi connectivity index (χ2n) is 2.50. The second kappa shape index (κ2) is 3.92. The van der Waals surface area contributed by atoms with Gasteiger partial charge in [-0.1, -0.05) is 12.1 Å². The predicted molar refractivity (Wildman–Crippen MR) is 48.9 cm³/mol. The first-order chi connectivity index (χ1) is 6.15. The summed E-state index contributed by atoms with van der Waals surface area (Å²) in [6, 6.07) is 8.37. The van der Waals surface area contributed by atoms with Crippen LogP contribution in [-0.2, 0) is 4.79 Å². The number of amides is 1. The first kappa shape index (κ1) is 9.56. The van der Waals surface area contributed by atoms with E-state index in [1.807, 2.05) is 6.07 Å². The minimum Gasteiger partial charge on any atom is -0.368 e. The Morgan fingerprint density at radius 3 is 2.38 bits per heavy atom. The van der Waals surface area contributed by atoms with Crippen molar-refractivity contribution in [2.45, 2.75) is 5.38 Å². The summed E-state index contributed by atoms with van der Waals surface area (Å²) in [4.78, 5) is 10.7. The van der Waals surface area contributed by atoms with Gasteiger partial charge >= 0.3 is 0 Å². The molecule has 0 unspecified atom stereocenters. The fraction of sp³-hybridized carbons (Fsp3) is 0.111. The zero-order valence-corrected chi connectivity index (χ0v) is 7.45. The maximum Gasteiger partial charge on any atom is 0.240 e. The average molecular weight is 195 g/mol. The van der Waals surface area contributed by atoms with E-state index < -0.39 is 11.3 Å². The highest BCUT2D eigenvalue weighted by molar-refractivity contribution is 6.30. The van der Waals surface area contributed by atoms with Crippen LogP contribution in [0.3, 0.4) is 0 Å². The molecule has 1 aromatic rings. The van der Waals surface area contributed by atoms with Gasteiger partial charge < -0.3 is 5.73 Å². The van der Waals surface area contributed by atoms with Crippen LogP contribution >= 0.6 is 11.6 Å². The molecule has 0 bridgehead atoms. The van der Waals surface area contributed by atoms with Crippen LogP contribution in [0.25, 0.3) is 0 Å². The number of alkyl halides is 1. The molecule has 2 N–H and O–H groups in total. The zero-order valence-electron chi connectivity index (χ0n) is 6.70. The van der Waals surface area contributed by atoms with Gasteiger partial charge in [-0.05, 0) is 17.7 Å². The number of carbonyl (C=O) groups is 1. The van der Waals surface area contributed by atoms with Gasteiger partial charge in [-0.3, -0.25) is 4.79 Å². The number of nitrogens with zero attached hydrogens (tertiary/aromatic N) is 1. The van der Waals surface area contributed by atoms with E-state index in [0.717, 1.165) is 0 Å². The molecule has 1 rings (SSSR count). The van der Waals surface area contributed by atoms with Crippen LogP contribution in [0.5, 0.6) is 0 Å². The lowest BCUT2D eigenvalue weighted by molar-refractivity contribution is -0.117. The minimum absolute atomic E-state index is 0.525. The summed E-state index contributed by atoms with van der Waals surface area (Å²) in [6.07, 6.45) is 0. The fourth-order valence-corrected chi connectivity index (χ4v) is 1.04. The third-order valence-electron chi connectivity index (χ3n) is 1.58. The van der Waals surface area contributed by atoms with E-state index in [1.165, 1.54) is 0 Å². The minimum atomic E-state index is -0.826. The van der Waals surface area contributed by atoms with Crippen molar-refractivity contribution < 1.29 is 4.79 Å². The highest BCUT2D eigenvalue weighted by atomic mass is 35.5. The van der Waals surface area contributed by atoms with Crippen LogP contribution in [-0.4, -0.2) is 5.91 Å². The molecule has 0 aliphatic heterocycles. The molecule has 0 heterocycles. The third-order valence-corrected chi connectivity index (χ3v) is 2.05. The van der Waals surface area contributed by atoms with Gasteiger partial charge in [-0.2, -0.15) is 5.26 Å². The van der Waals surface area contributed by atoms with Gasteiger partial charge in [0.25, 0.3) is 0 Å². The third kappa shape index (κ3) is 2.20. The van der Waals surface area contributed by atoms with Crippen LogP contribution in [0.2, 0.25) is 0 Å². The number of hydrogen-bond donors (Lipinski definition) is 1. The average Bonchev–Trinajstić information content (AvgIpc) is 2.17. The number of nitrogens with two attached hydrogens (primary N) is 1. The maximum absolute atomic E-state index is 10.7. The number of primary amides is 1. The van der Waals surface area contributed by atoms with E-state index in [1.54, 1.807) is 24.3 Å². The van der Waals surface area contributed by atoms with E-state index >= 15 is 0 Å². The smallest absolute Gasteiger partial charge is 0.240 e.